The summed E-state index contributed by atoms with van der Waals surface area (Å²) < 4.78 is 0. The van der Waals surface area contributed by atoms with Gasteiger partial charge in [0.15, 0.2) is 0 Å². The van der Waals surface area contributed by atoms with Crippen molar-refractivity contribution in [1.82, 2.24) is 0 Å². The van der Waals surface area contributed by atoms with Gasteiger partial charge in [0.2, 0.25) is 0 Å². The van der Waals surface area contributed by atoms with Gasteiger partial charge in [0.05, 0.1) is 17.1 Å². The maximum absolute atomic E-state index is 2.60. The standard InChI is InChI=1S/C34H23N/c1-4-11-27-20(6-1)14-24-16-25-15-22-8-5-9-23-18-31-30-17-21-7-2-3-10-26(21)28(30)12-13-32(31)35(34(22)23)33(25)19-29(24)27/h1-13,16,19H,14-15,17-18H2. The Bertz CT molecular complexity index is 1760. The van der Waals surface area contributed by atoms with Gasteiger partial charge in [-0.25, -0.2) is 0 Å². The highest BCUT2D eigenvalue weighted by Gasteiger charge is 2.35. The number of hydrogen-bond acceptors (Lipinski definition) is 1. The second-order valence-electron chi connectivity index (χ2n) is 10.5. The van der Waals surface area contributed by atoms with Gasteiger partial charge in [-0.05, 0) is 91.7 Å². The zero-order chi connectivity index (χ0) is 22.7. The largest absolute Gasteiger partial charge is 0.309 e. The van der Waals surface area contributed by atoms with Gasteiger partial charge in [-0.15, -0.1) is 0 Å². The molecule has 2 aliphatic heterocycles. The van der Waals surface area contributed by atoms with E-state index in [2.05, 4.69) is 95.9 Å². The molecule has 0 aromatic heterocycles. The third-order valence-electron chi connectivity index (χ3n) is 8.73. The first-order chi connectivity index (χ1) is 17.3. The Morgan fingerprint density at radius 2 is 1.06 bits per heavy atom. The summed E-state index contributed by atoms with van der Waals surface area (Å²) in [7, 11) is 0. The average Bonchev–Trinajstić information content (AvgIpc) is 3.45. The first-order valence-corrected chi connectivity index (χ1v) is 12.7. The number of benzene rings is 5. The number of anilines is 3. The minimum atomic E-state index is 1.02. The van der Waals surface area contributed by atoms with Gasteiger partial charge < -0.3 is 4.90 Å². The highest BCUT2D eigenvalue weighted by Crippen LogP contribution is 2.55. The van der Waals surface area contributed by atoms with E-state index in [1.54, 1.807) is 0 Å². The van der Waals surface area contributed by atoms with Crippen LogP contribution in [0.5, 0.6) is 0 Å². The molecule has 0 unspecified atom stereocenters. The monoisotopic (exact) mass is 445 g/mol. The molecule has 0 N–H and O–H groups in total. The summed E-state index contributed by atoms with van der Waals surface area (Å²) in [5.74, 6) is 0. The topological polar surface area (TPSA) is 3.24 Å². The molecule has 35 heavy (non-hydrogen) atoms. The van der Waals surface area contributed by atoms with E-state index in [-0.39, 0.29) is 0 Å². The zero-order valence-electron chi connectivity index (χ0n) is 19.4. The van der Waals surface area contributed by atoms with Crippen LogP contribution in [-0.2, 0) is 25.7 Å². The number of rotatable bonds is 0. The summed E-state index contributed by atoms with van der Waals surface area (Å²) in [6, 6.07) is 34.6. The lowest BCUT2D eigenvalue weighted by molar-refractivity contribution is 0.995. The van der Waals surface area contributed by atoms with E-state index in [1.165, 1.54) is 83.8 Å². The van der Waals surface area contributed by atoms with E-state index in [1.807, 2.05) is 0 Å². The Kier molecular flexibility index (Phi) is 3.29. The highest BCUT2D eigenvalue weighted by atomic mass is 15.2. The van der Waals surface area contributed by atoms with Crippen molar-refractivity contribution in [3.63, 3.8) is 0 Å². The van der Waals surface area contributed by atoms with Gasteiger partial charge in [-0.3, -0.25) is 0 Å². The summed E-state index contributed by atoms with van der Waals surface area (Å²) >= 11 is 0. The van der Waals surface area contributed by atoms with Crippen LogP contribution in [-0.4, -0.2) is 0 Å². The van der Waals surface area contributed by atoms with Gasteiger partial charge in [0.25, 0.3) is 0 Å². The molecule has 0 amide bonds. The number of para-hydroxylation sites is 1. The molecule has 1 heteroatoms. The van der Waals surface area contributed by atoms with Gasteiger partial charge in [-0.1, -0.05) is 78.9 Å². The summed E-state index contributed by atoms with van der Waals surface area (Å²) in [4.78, 5) is 2.60. The molecule has 4 aliphatic rings. The van der Waals surface area contributed by atoms with E-state index in [9.17, 15) is 0 Å². The lowest BCUT2D eigenvalue weighted by atomic mass is 9.83. The normalized spacial score (nSPS) is 14.9. The van der Waals surface area contributed by atoms with Crippen molar-refractivity contribution in [3.8, 4) is 22.3 Å². The third-order valence-corrected chi connectivity index (χ3v) is 8.73. The second-order valence-corrected chi connectivity index (χ2v) is 10.5. The van der Waals surface area contributed by atoms with Crippen molar-refractivity contribution in [3.05, 3.63) is 136 Å². The first-order valence-electron chi connectivity index (χ1n) is 12.7. The molecule has 164 valence electrons. The maximum Gasteiger partial charge on any atom is 0.0532 e. The Hall–Kier alpha value is -4.10. The van der Waals surface area contributed by atoms with Gasteiger partial charge in [-0.2, -0.15) is 0 Å². The molecule has 2 aliphatic carbocycles. The highest BCUT2D eigenvalue weighted by molar-refractivity contribution is 5.94. The summed E-state index contributed by atoms with van der Waals surface area (Å²) in [5, 5.41) is 0. The van der Waals surface area contributed by atoms with Crippen molar-refractivity contribution in [1.29, 1.82) is 0 Å². The number of fused-ring (bicyclic) bond motifs is 11. The molecule has 0 saturated heterocycles. The van der Waals surface area contributed by atoms with E-state index in [0.29, 0.717) is 0 Å². The second kappa shape index (κ2) is 6.31. The molecule has 5 aromatic rings. The maximum atomic E-state index is 2.60. The van der Waals surface area contributed by atoms with Crippen molar-refractivity contribution in [2.45, 2.75) is 25.7 Å². The fourth-order valence-electron chi connectivity index (χ4n) is 7.23. The number of nitrogens with zero attached hydrogens (tertiary/aromatic N) is 1. The predicted octanol–water partition coefficient (Wildman–Crippen LogP) is 8.11. The quantitative estimate of drug-likeness (QED) is 0.228. The molecule has 0 saturated carbocycles. The lowest BCUT2D eigenvalue weighted by Crippen LogP contribution is -2.25. The van der Waals surface area contributed by atoms with E-state index < -0.39 is 0 Å². The average molecular weight is 446 g/mol. The number of hydrogen-bond donors (Lipinski definition) is 0. The van der Waals surface area contributed by atoms with E-state index >= 15 is 0 Å². The summed E-state index contributed by atoms with van der Waals surface area (Å²) in [5.41, 5.74) is 21.7. The minimum absolute atomic E-state index is 1.02. The van der Waals surface area contributed by atoms with Crippen LogP contribution < -0.4 is 4.90 Å². The molecule has 0 atom stereocenters. The Morgan fingerprint density at radius 3 is 1.91 bits per heavy atom. The summed E-state index contributed by atoms with van der Waals surface area (Å²) in [6.07, 6.45) is 4.13. The van der Waals surface area contributed by atoms with Crippen molar-refractivity contribution in [2.75, 3.05) is 4.90 Å². The fraction of sp³-hybridized carbons (Fsp3) is 0.118. The Labute approximate surface area is 205 Å². The molecular formula is C34H23N. The molecule has 0 radical (unpaired) electrons. The molecular weight excluding hydrogens is 422 g/mol. The smallest absolute Gasteiger partial charge is 0.0532 e. The van der Waals surface area contributed by atoms with Gasteiger partial charge >= 0.3 is 0 Å². The third kappa shape index (κ3) is 2.29. The molecule has 0 fully saturated rings. The van der Waals surface area contributed by atoms with Crippen LogP contribution in [0.4, 0.5) is 17.1 Å². The molecule has 0 bridgehead atoms. The molecule has 2 heterocycles. The molecule has 0 spiro atoms. The fourth-order valence-corrected chi connectivity index (χ4v) is 7.23. The van der Waals surface area contributed by atoms with Crippen LogP contribution in [0.25, 0.3) is 22.3 Å². The van der Waals surface area contributed by atoms with Crippen LogP contribution in [0.1, 0.15) is 44.5 Å². The molecule has 9 rings (SSSR count). The Morgan fingerprint density at radius 1 is 0.400 bits per heavy atom. The van der Waals surface area contributed by atoms with Crippen molar-refractivity contribution in [2.24, 2.45) is 0 Å². The van der Waals surface area contributed by atoms with E-state index in [4.69, 9.17) is 0 Å². The van der Waals surface area contributed by atoms with Crippen LogP contribution in [0.15, 0.2) is 91.0 Å². The van der Waals surface area contributed by atoms with Crippen LogP contribution in [0, 0.1) is 0 Å². The van der Waals surface area contributed by atoms with Crippen LogP contribution >= 0.6 is 0 Å². The SMILES string of the molecule is c1ccc2c(c1)Cc1cc3c(cc1-2)N1c2ccc4c(c2Cc2cccc(c21)C3)Cc1ccccc1-4. The predicted molar refractivity (Wildman–Crippen MR) is 143 cm³/mol. The van der Waals surface area contributed by atoms with Gasteiger partial charge in [0.1, 0.15) is 0 Å². The van der Waals surface area contributed by atoms with Crippen molar-refractivity contribution >= 4 is 17.1 Å². The van der Waals surface area contributed by atoms with E-state index in [0.717, 1.165) is 25.7 Å². The van der Waals surface area contributed by atoms with Crippen molar-refractivity contribution < 1.29 is 0 Å². The molecule has 5 aromatic carbocycles. The Balaban J connectivity index is 1.31. The first kappa shape index (κ1) is 18.3. The van der Waals surface area contributed by atoms with Crippen LogP contribution in [0.2, 0.25) is 0 Å². The zero-order valence-corrected chi connectivity index (χ0v) is 19.4. The summed E-state index contributed by atoms with van der Waals surface area (Å²) in [6.45, 7) is 0. The minimum Gasteiger partial charge on any atom is -0.309 e. The van der Waals surface area contributed by atoms with Crippen LogP contribution in [0.3, 0.4) is 0 Å². The van der Waals surface area contributed by atoms with Gasteiger partial charge in [0, 0.05) is 12.8 Å². The molecule has 1 nitrogen and oxygen atoms in total. The lowest BCUT2D eigenvalue weighted by Gasteiger charge is -2.40.